The van der Waals surface area contributed by atoms with Crippen molar-refractivity contribution in [1.82, 2.24) is 0 Å². The minimum atomic E-state index is -0.536. The molecular formula is C22H34O2. The Morgan fingerprint density at radius 3 is 2.75 bits per heavy atom. The van der Waals surface area contributed by atoms with Gasteiger partial charge in [0.2, 0.25) is 0 Å². The van der Waals surface area contributed by atoms with Crippen LogP contribution in [0.15, 0.2) is 23.3 Å². The summed E-state index contributed by atoms with van der Waals surface area (Å²) in [5.74, 6) is 0.960. The molecule has 1 unspecified atom stereocenters. The average molecular weight is 331 g/mol. The molecule has 134 valence electrons. The van der Waals surface area contributed by atoms with Crippen molar-refractivity contribution >= 4 is 5.97 Å². The number of carbonyl (C=O) groups is 1. The smallest absolute Gasteiger partial charge is 0.309 e. The normalized spacial score (nSPS) is 38.9. The van der Waals surface area contributed by atoms with E-state index in [-0.39, 0.29) is 5.41 Å². The molecule has 1 saturated carbocycles. The first-order valence-corrected chi connectivity index (χ1v) is 9.99. The zero-order valence-electron chi connectivity index (χ0n) is 15.9. The van der Waals surface area contributed by atoms with Crippen LogP contribution >= 0.6 is 0 Å². The van der Waals surface area contributed by atoms with Crippen LogP contribution in [0.2, 0.25) is 0 Å². The molecule has 0 heterocycles. The number of fused-ring (bicyclic) bond motifs is 3. The summed E-state index contributed by atoms with van der Waals surface area (Å²) in [6.07, 6.45) is 13.2. The fourth-order valence-corrected chi connectivity index (χ4v) is 6.27. The largest absolute Gasteiger partial charge is 0.481 e. The molecule has 0 aromatic carbocycles. The molecule has 0 aliphatic heterocycles. The van der Waals surface area contributed by atoms with Crippen molar-refractivity contribution in [3.63, 3.8) is 0 Å². The number of allylic oxidation sites excluding steroid dienone is 4. The van der Waals surface area contributed by atoms with Crippen molar-refractivity contribution in [2.75, 3.05) is 0 Å². The van der Waals surface area contributed by atoms with Gasteiger partial charge in [0.25, 0.3) is 0 Å². The highest BCUT2D eigenvalue weighted by molar-refractivity contribution is 5.75. The lowest BCUT2D eigenvalue weighted by atomic mass is 9.45. The topological polar surface area (TPSA) is 37.3 Å². The summed E-state index contributed by atoms with van der Waals surface area (Å²) in [5, 5.41) is 10.2. The van der Waals surface area contributed by atoms with Crippen LogP contribution in [0, 0.1) is 28.6 Å². The van der Waals surface area contributed by atoms with E-state index in [1.807, 2.05) is 0 Å². The second-order valence-electron chi connectivity index (χ2n) is 9.03. The maximum atomic E-state index is 12.3. The maximum absolute atomic E-state index is 12.3. The molecule has 3 aliphatic rings. The molecule has 0 aromatic rings. The minimum Gasteiger partial charge on any atom is -0.481 e. The number of hydrogen-bond donors (Lipinski definition) is 1. The molecule has 0 bridgehead atoms. The van der Waals surface area contributed by atoms with Gasteiger partial charge in [0, 0.05) is 0 Å². The van der Waals surface area contributed by atoms with Gasteiger partial charge in [0.15, 0.2) is 0 Å². The zero-order valence-corrected chi connectivity index (χ0v) is 15.9. The third-order valence-electron chi connectivity index (χ3n) is 7.53. The highest BCUT2D eigenvalue weighted by Crippen LogP contribution is 2.63. The van der Waals surface area contributed by atoms with E-state index < -0.39 is 11.4 Å². The summed E-state index contributed by atoms with van der Waals surface area (Å²) in [7, 11) is 0. The highest BCUT2D eigenvalue weighted by Gasteiger charge is 2.58. The average Bonchev–Trinajstić information content (AvgIpc) is 2.54. The number of hydrogen-bond acceptors (Lipinski definition) is 1. The van der Waals surface area contributed by atoms with Gasteiger partial charge in [-0.15, -0.1) is 0 Å². The van der Waals surface area contributed by atoms with Crippen LogP contribution in [-0.2, 0) is 4.79 Å². The van der Waals surface area contributed by atoms with E-state index >= 15 is 0 Å². The van der Waals surface area contributed by atoms with Crippen LogP contribution in [0.5, 0.6) is 0 Å². The molecule has 24 heavy (non-hydrogen) atoms. The first kappa shape index (κ1) is 17.8. The van der Waals surface area contributed by atoms with E-state index in [1.165, 1.54) is 24.8 Å². The van der Waals surface area contributed by atoms with E-state index in [2.05, 4.69) is 39.8 Å². The fraction of sp³-hybridized carbons (Fsp3) is 0.773. The van der Waals surface area contributed by atoms with E-state index in [0.717, 1.165) is 32.1 Å². The monoisotopic (exact) mass is 330 g/mol. The molecule has 1 fully saturated rings. The van der Waals surface area contributed by atoms with Gasteiger partial charge in [0.05, 0.1) is 5.41 Å². The third kappa shape index (κ3) is 2.57. The highest BCUT2D eigenvalue weighted by atomic mass is 16.4. The van der Waals surface area contributed by atoms with Crippen molar-refractivity contribution in [2.24, 2.45) is 28.6 Å². The van der Waals surface area contributed by atoms with Gasteiger partial charge in [-0.05, 0) is 67.3 Å². The van der Waals surface area contributed by atoms with Gasteiger partial charge >= 0.3 is 5.97 Å². The lowest BCUT2D eigenvalue weighted by Crippen LogP contribution is -2.54. The van der Waals surface area contributed by atoms with E-state index in [4.69, 9.17) is 0 Å². The summed E-state index contributed by atoms with van der Waals surface area (Å²) < 4.78 is 0. The molecule has 4 atom stereocenters. The number of rotatable bonds is 4. The summed E-state index contributed by atoms with van der Waals surface area (Å²) in [4.78, 5) is 12.3. The molecule has 3 aliphatic carbocycles. The standard InChI is InChI=1S/C22H34O2/c1-5-11-22(20(23)24)13-6-12-21(4)18-9-7-16(15(2)3)14-17(18)8-10-19(21)22/h8,14-15,18-19H,5-7,9-13H2,1-4H3,(H,23,24)/t18-,19?,21-,22+/m1/s1. The van der Waals surface area contributed by atoms with E-state index in [0.29, 0.717) is 17.8 Å². The van der Waals surface area contributed by atoms with Gasteiger partial charge < -0.3 is 5.11 Å². The number of carboxylic acid groups (broad SMARTS) is 1. The van der Waals surface area contributed by atoms with Crippen LogP contribution in [0.25, 0.3) is 0 Å². The molecule has 0 radical (unpaired) electrons. The van der Waals surface area contributed by atoms with Crippen molar-refractivity contribution < 1.29 is 9.90 Å². The van der Waals surface area contributed by atoms with Crippen LogP contribution in [0.1, 0.15) is 79.1 Å². The first-order chi connectivity index (χ1) is 11.3. The molecule has 3 rings (SSSR count). The molecule has 2 nitrogen and oxygen atoms in total. The SMILES string of the molecule is CCC[C@]1(C(=O)O)CCC[C@@]2(C)C1CC=C1C=C(C(C)C)CC[C@H]12. The Kier molecular flexibility index (Phi) is 4.70. The summed E-state index contributed by atoms with van der Waals surface area (Å²) in [6, 6.07) is 0. The predicted octanol–water partition coefficient (Wildman–Crippen LogP) is 5.99. The van der Waals surface area contributed by atoms with Gasteiger partial charge in [-0.3, -0.25) is 4.79 Å². The van der Waals surface area contributed by atoms with Gasteiger partial charge in [-0.1, -0.05) is 58.3 Å². The van der Waals surface area contributed by atoms with E-state index in [1.54, 1.807) is 5.57 Å². The summed E-state index contributed by atoms with van der Waals surface area (Å²) in [5.41, 5.74) is 2.76. The lowest BCUT2D eigenvalue weighted by molar-refractivity contribution is -0.166. The molecule has 0 spiro atoms. The van der Waals surface area contributed by atoms with Gasteiger partial charge in [-0.25, -0.2) is 0 Å². The molecule has 2 heteroatoms. The van der Waals surface area contributed by atoms with Crippen molar-refractivity contribution in [1.29, 1.82) is 0 Å². The zero-order chi connectivity index (χ0) is 17.5. The fourth-order valence-electron chi connectivity index (χ4n) is 6.27. The third-order valence-corrected chi connectivity index (χ3v) is 7.53. The Morgan fingerprint density at radius 2 is 2.12 bits per heavy atom. The number of aliphatic carboxylic acids is 1. The first-order valence-electron chi connectivity index (χ1n) is 9.99. The van der Waals surface area contributed by atoms with Crippen molar-refractivity contribution in [2.45, 2.75) is 79.1 Å². The Balaban J connectivity index is 2.01. The quantitative estimate of drug-likeness (QED) is 0.687. The van der Waals surface area contributed by atoms with Crippen LogP contribution in [-0.4, -0.2) is 11.1 Å². The van der Waals surface area contributed by atoms with Gasteiger partial charge in [0.1, 0.15) is 0 Å². The number of carboxylic acids is 1. The second-order valence-corrected chi connectivity index (χ2v) is 9.03. The summed E-state index contributed by atoms with van der Waals surface area (Å²) >= 11 is 0. The maximum Gasteiger partial charge on any atom is 0.309 e. The molecule has 0 aromatic heterocycles. The molecular weight excluding hydrogens is 296 g/mol. The molecule has 0 saturated heterocycles. The Morgan fingerprint density at radius 1 is 1.38 bits per heavy atom. The Hall–Kier alpha value is -1.05. The van der Waals surface area contributed by atoms with Crippen LogP contribution < -0.4 is 0 Å². The van der Waals surface area contributed by atoms with E-state index in [9.17, 15) is 9.90 Å². The predicted molar refractivity (Wildman–Crippen MR) is 98.8 cm³/mol. The Labute approximate surface area is 147 Å². The van der Waals surface area contributed by atoms with Gasteiger partial charge in [-0.2, -0.15) is 0 Å². The van der Waals surface area contributed by atoms with Crippen LogP contribution in [0.4, 0.5) is 0 Å². The lowest BCUT2D eigenvalue weighted by Gasteiger charge is -2.58. The van der Waals surface area contributed by atoms with Crippen LogP contribution in [0.3, 0.4) is 0 Å². The summed E-state index contributed by atoms with van der Waals surface area (Å²) in [6.45, 7) is 9.13. The molecule has 1 N–H and O–H groups in total. The minimum absolute atomic E-state index is 0.162. The van der Waals surface area contributed by atoms with Crippen molar-refractivity contribution in [3.05, 3.63) is 23.3 Å². The Bertz CT molecular complexity index is 567. The molecule has 0 amide bonds. The second kappa shape index (κ2) is 6.35. The van der Waals surface area contributed by atoms with Crippen molar-refractivity contribution in [3.8, 4) is 0 Å².